The van der Waals surface area contributed by atoms with E-state index in [9.17, 15) is 8.78 Å². The maximum atomic E-state index is 13.0. The zero-order valence-corrected chi connectivity index (χ0v) is 10.4. The summed E-state index contributed by atoms with van der Waals surface area (Å²) in [5.41, 5.74) is 8.11. The second kappa shape index (κ2) is 4.14. The van der Waals surface area contributed by atoms with Gasteiger partial charge in [-0.3, -0.25) is 0 Å². The molecule has 1 saturated carbocycles. The summed E-state index contributed by atoms with van der Waals surface area (Å²) < 4.78 is 26.0. The SMILES string of the molecule is NC1(c2ccc(-c3ccccc3)cc2)CC(F)(F)C1. The number of nitrogens with two attached hydrogens (primary N) is 1. The van der Waals surface area contributed by atoms with Crippen molar-refractivity contribution < 1.29 is 8.78 Å². The lowest BCUT2D eigenvalue weighted by atomic mass is 9.70. The molecule has 3 rings (SSSR count). The van der Waals surface area contributed by atoms with Gasteiger partial charge in [-0.15, -0.1) is 0 Å². The lowest BCUT2D eigenvalue weighted by molar-refractivity contribution is -0.125. The predicted molar refractivity (Wildman–Crippen MR) is 71.9 cm³/mol. The lowest BCUT2D eigenvalue weighted by Crippen LogP contribution is -2.55. The van der Waals surface area contributed by atoms with Crippen molar-refractivity contribution in [3.8, 4) is 11.1 Å². The van der Waals surface area contributed by atoms with Crippen LogP contribution in [0.4, 0.5) is 8.78 Å². The van der Waals surface area contributed by atoms with Gasteiger partial charge >= 0.3 is 0 Å². The second-order valence-corrected chi connectivity index (χ2v) is 5.31. The Labute approximate surface area is 111 Å². The fourth-order valence-corrected chi connectivity index (χ4v) is 2.70. The van der Waals surface area contributed by atoms with Gasteiger partial charge in [-0.05, 0) is 16.7 Å². The van der Waals surface area contributed by atoms with Crippen LogP contribution in [0.5, 0.6) is 0 Å². The maximum Gasteiger partial charge on any atom is 0.252 e. The van der Waals surface area contributed by atoms with Crippen LogP contribution in [0.3, 0.4) is 0 Å². The fourth-order valence-electron chi connectivity index (χ4n) is 2.70. The van der Waals surface area contributed by atoms with E-state index in [2.05, 4.69) is 0 Å². The van der Waals surface area contributed by atoms with Gasteiger partial charge in [-0.1, -0.05) is 54.6 Å². The lowest BCUT2D eigenvalue weighted by Gasteiger charge is -2.44. The molecule has 2 aromatic rings. The van der Waals surface area contributed by atoms with E-state index >= 15 is 0 Å². The molecule has 1 aliphatic rings. The highest BCUT2D eigenvalue weighted by Gasteiger charge is 2.55. The van der Waals surface area contributed by atoms with Crippen molar-refractivity contribution in [1.29, 1.82) is 0 Å². The molecule has 0 atom stereocenters. The molecule has 0 spiro atoms. The van der Waals surface area contributed by atoms with Crippen LogP contribution in [0.2, 0.25) is 0 Å². The van der Waals surface area contributed by atoms with Gasteiger partial charge in [-0.2, -0.15) is 0 Å². The minimum atomic E-state index is -2.60. The third-order valence-corrected chi connectivity index (χ3v) is 3.72. The molecule has 98 valence electrons. The van der Waals surface area contributed by atoms with Crippen molar-refractivity contribution in [2.24, 2.45) is 5.73 Å². The van der Waals surface area contributed by atoms with Crippen LogP contribution < -0.4 is 5.73 Å². The molecule has 1 aliphatic carbocycles. The van der Waals surface area contributed by atoms with Crippen molar-refractivity contribution >= 4 is 0 Å². The normalized spacial score (nSPS) is 19.7. The van der Waals surface area contributed by atoms with E-state index in [4.69, 9.17) is 5.73 Å². The van der Waals surface area contributed by atoms with Gasteiger partial charge in [0.05, 0.1) is 5.54 Å². The van der Waals surface area contributed by atoms with Gasteiger partial charge in [0, 0.05) is 12.8 Å². The average Bonchev–Trinajstić information content (AvgIpc) is 2.38. The Hall–Kier alpha value is -1.74. The summed E-state index contributed by atoms with van der Waals surface area (Å²) in [5.74, 6) is -2.60. The fraction of sp³-hybridized carbons (Fsp3) is 0.250. The summed E-state index contributed by atoms with van der Waals surface area (Å²) in [4.78, 5) is 0. The van der Waals surface area contributed by atoms with Gasteiger partial charge in [-0.25, -0.2) is 8.78 Å². The number of hydrogen-bond donors (Lipinski definition) is 1. The molecule has 0 aromatic heterocycles. The van der Waals surface area contributed by atoms with Crippen LogP contribution >= 0.6 is 0 Å². The number of alkyl halides is 2. The summed E-state index contributed by atoms with van der Waals surface area (Å²) in [6.07, 6.45) is -0.518. The molecule has 1 nitrogen and oxygen atoms in total. The first-order valence-corrected chi connectivity index (χ1v) is 6.31. The minimum Gasteiger partial charge on any atom is -0.321 e. The first-order valence-electron chi connectivity index (χ1n) is 6.31. The number of hydrogen-bond acceptors (Lipinski definition) is 1. The third kappa shape index (κ3) is 2.26. The molecule has 0 aliphatic heterocycles. The predicted octanol–water partition coefficient (Wildman–Crippen LogP) is 3.94. The van der Waals surface area contributed by atoms with E-state index < -0.39 is 11.5 Å². The van der Waals surface area contributed by atoms with E-state index in [0.29, 0.717) is 0 Å². The van der Waals surface area contributed by atoms with Crippen molar-refractivity contribution in [2.75, 3.05) is 0 Å². The molecule has 0 amide bonds. The zero-order chi connectivity index (χ0) is 13.5. The van der Waals surface area contributed by atoms with E-state index in [1.165, 1.54) is 0 Å². The summed E-state index contributed by atoms with van der Waals surface area (Å²) in [6.45, 7) is 0. The molecule has 2 aromatic carbocycles. The molecule has 19 heavy (non-hydrogen) atoms. The monoisotopic (exact) mass is 259 g/mol. The van der Waals surface area contributed by atoms with E-state index in [0.717, 1.165) is 16.7 Å². The number of rotatable bonds is 2. The summed E-state index contributed by atoms with van der Waals surface area (Å²) in [5, 5.41) is 0. The zero-order valence-electron chi connectivity index (χ0n) is 10.4. The maximum absolute atomic E-state index is 13.0. The molecule has 0 heterocycles. The van der Waals surface area contributed by atoms with Crippen LogP contribution in [0.15, 0.2) is 54.6 Å². The molecular formula is C16H15F2N. The van der Waals surface area contributed by atoms with Crippen molar-refractivity contribution in [2.45, 2.75) is 24.3 Å². The molecule has 0 bridgehead atoms. The highest BCUT2D eigenvalue weighted by atomic mass is 19.3. The van der Waals surface area contributed by atoms with E-state index in [-0.39, 0.29) is 12.8 Å². The number of benzene rings is 2. The Balaban J connectivity index is 1.85. The summed E-state index contributed by atoms with van der Waals surface area (Å²) >= 11 is 0. The van der Waals surface area contributed by atoms with Crippen molar-refractivity contribution in [3.05, 3.63) is 60.2 Å². The third-order valence-electron chi connectivity index (χ3n) is 3.72. The first kappa shape index (κ1) is 12.3. The molecule has 1 fully saturated rings. The quantitative estimate of drug-likeness (QED) is 0.868. The largest absolute Gasteiger partial charge is 0.321 e. The van der Waals surface area contributed by atoms with Crippen molar-refractivity contribution in [1.82, 2.24) is 0 Å². The van der Waals surface area contributed by atoms with Gasteiger partial charge in [0.25, 0.3) is 5.92 Å². The first-order chi connectivity index (χ1) is 8.99. The van der Waals surface area contributed by atoms with Gasteiger partial charge in [0.1, 0.15) is 0 Å². The van der Waals surface area contributed by atoms with Crippen LogP contribution in [0, 0.1) is 0 Å². The Morgan fingerprint density at radius 1 is 0.789 bits per heavy atom. The van der Waals surface area contributed by atoms with Crippen LogP contribution in [-0.4, -0.2) is 5.92 Å². The molecule has 0 unspecified atom stereocenters. The molecular weight excluding hydrogens is 244 g/mol. The van der Waals surface area contributed by atoms with Gasteiger partial charge < -0.3 is 5.73 Å². The topological polar surface area (TPSA) is 26.0 Å². The summed E-state index contributed by atoms with van der Waals surface area (Å²) in [7, 11) is 0. The highest BCUT2D eigenvalue weighted by Crippen LogP contribution is 2.49. The van der Waals surface area contributed by atoms with Crippen LogP contribution in [-0.2, 0) is 5.54 Å². The Kier molecular flexibility index (Phi) is 2.68. The minimum absolute atomic E-state index is 0.259. The van der Waals surface area contributed by atoms with E-state index in [1.54, 1.807) is 0 Å². The molecule has 0 radical (unpaired) electrons. The Bertz CT molecular complexity index is 567. The van der Waals surface area contributed by atoms with E-state index in [1.807, 2.05) is 54.6 Å². The summed E-state index contributed by atoms with van der Waals surface area (Å²) in [6, 6.07) is 17.5. The van der Waals surface area contributed by atoms with Crippen LogP contribution in [0.1, 0.15) is 18.4 Å². The molecule has 0 saturated heterocycles. The highest BCUT2D eigenvalue weighted by molar-refractivity contribution is 5.63. The van der Waals surface area contributed by atoms with Gasteiger partial charge in [0.15, 0.2) is 0 Å². The Morgan fingerprint density at radius 2 is 1.32 bits per heavy atom. The van der Waals surface area contributed by atoms with Crippen molar-refractivity contribution in [3.63, 3.8) is 0 Å². The molecule has 3 heteroatoms. The standard InChI is InChI=1S/C16H15F2N/c17-16(18)10-15(19,11-16)14-8-6-13(7-9-14)12-4-2-1-3-5-12/h1-9H,10-11,19H2. The smallest absolute Gasteiger partial charge is 0.252 e. The van der Waals surface area contributed by atoms with Crippen LogP contribution in [0.25, 0.3) is 11.1 Å². The number of halogens is 2. The molecule has 2 N–H and O–H groups in total. The average molecular weight is 259 g/mol. The second-order valence-electron chi connectivity index (χ2n) is 5.31. The van der Waals surface area contributed by atoms with Gasteiger partial charge in [0.2, 0.25) is 0 Å². The Morgan fingerprint density at radius 3 is 1.84 bits per heavy atom.